The maximum Gasteiger partial charge on any atom is 0 e. The van der Waals surface area contributed by atoms with Crippen LogP contribution in [-0.2, 0) is 37.5 Å². The van der Waals surface area contributed by atoms with E-state index in [4.69, 9.17) is 0 Å². The molecule has 0 aliphatic heterocycles. The molecule has 81 valence electrons. The molecule has 0 saturated carbocycles. The molecule has 1 radical (unpaired) electrons. The molecule has 0 spiro atoms. The Hall–Kier alpha value is 0.574. The third-order valence-electron chi connectivity index (χ3n) is 3.75. The maximum absolute atomic E-state index is 10.6. The van der Waals surface area contributed by atoms with Crippen LogP contribution in [0.25, 0.3) is 0 Å². The quantitative estimate of drug-likeness (QED) is 0.568. The summed E-state index contributed by atoms with van der Waals surface area (Å²) in [6.45, 7) is 12.6. The van der Waals surface area contributed by atoms with Gasteiger partial charge in [-0.2, -0.15) is 20.3 Å². The van der Waals surface area contributed by atoms with Crippen LogP contribution in [0.4, 0.5) is 0 Å². The second-order valence-corrected chi connectivity index (χ2v) is 4.83. The van der Waals surface area contributed by atoms with E-state index in [-0.39, 0.29) is 43.7 Å². The van der Waals surface area contributed by atoms with E-state index < -0.39 is 0 Å². The number of hydrogen-bond donors (Lipinski definition) is 0. The molecule has 0 saturated heterocycles. The molecule has 0 bridgehead atoms. The molecule has 0 aliphatic rings. The van der Waals surface area contributed by atoms with Gasteiger partial charge in [-0.15, -0.1) is 5.41 Å². The molecule has 0 aliphatic carbocycles. The smallest absolute Gasteiger partial charge is 0 e. The summed E-state index contributed by atoms with van der Waals surface area (Å²) < 4.78 is 0. The van der Waals surface area contributed by atoms with E-state index >= 15 is 0 Å². The van der Waals surface area contributed by atoms with Crippen molar-refractivity contribution in [3.63, 3.8) is 0 Å². The van der Waals surface area contributed by atoms with Crippen molar-refractivity contribution in [1.82, 2.24) is 4.90 Å². The van der Waals surface area contributed by atoms with Crippen molar-refractivity contribution >= 4 is 6.41 Å². The largest absolute Gasteiger partial charge is 0.520 e. The van der Waals surface area contributed by atoms with E-state index in [0.717, 1.165) is 0 Å². The normalized spacial score (nSPS) is 12.3. The summed E-state index contributed by atoms with van der Waals surface area (Å²) >= 11 is 0. The molecule has 0 aromatic carbocycles. The zero-order chi connectivity index (χ0) is 10.9. The Balaban J connectivity index is 0. The van der Waals surface area contributed by atoms with E-state index in [0.29, 0.717) is 0 Å². The molecular weight excluding hydrogens is 251 g/mol. The Morgan fingerprint density at radius 1 is 1.14 bits per heavy atom. The summed E-state index contributed by atoms with van der Waals surface area (Å²) in [4.78, 5) is 12.2. The summed E-state index contributed by atoms with van der Waals surface area (Å²) in [5.74, 6) is 1.32. The van der Waals surface area contributed by atoms with Gasteiger partial charge in [-0.1, -0.05) is 13.8 Å². The van der Waals surface area contributed by atoms with Crippen LogP contribution in [0.1, 0.15) is 41.5 Å². The first-order valence-electron chi connectivity index (χ1n) is 4.60. The Morgan fingerprint density at radius 3 is 1.71 bits per heavy atom. The minimum absolute atomic E-state index is 0. The van der Waals surface area contributed by atoms with Gasteiger partial charge in [0, 0.05) is 32.7 Å². The predicted molar refractivity (Wildman–Crippen MR) is 55.9 cm³/mol. The SMILES string of the molecule is C[C-](C)C(C)(C)C(C)(C)N(C)[C-]=O.[Y]. The van der Waals surface area contributed by atoms with E-state index in [1.807, 2.05) is 6.41 Å². The van der Waals surface area contributed by atoms with Gasteiger partial charge in [0.25, 0.3) is 0 Å². The first kappa shape index (κ1) is 17.0. The van der Waals surface area contributed by atoms with Gasteiger partial charge in [-0.25, -0.2) is 0 Å². The topological polar surface area (TPSA) is 20.3 Å². The molecule has 0 heterocycles. The standard InChI is InChI=1S/C11H21NO.Y/c1-9(2)10(3,4)11(5,6)12(7)8-13;/h1-7H3;/q-2;. The van der Waals surface area contributed by atoms with Crippen LogP contribution < -0.4 is 0 Å². The molecule has 0 aromatic rings. The average molecular weight is 272 g/mol. The molecule has 3 heteroatoms. The average Bonchev–Trinajstić information content (AvgIpc) is 2.02. The number of rotatable bonds is 4. The van der Waals surface area contributed by atoms with Crippen molar-refractivity contribution in [2.24, 2.45) is 5.41 Å². The fourth-order valence-corrected chi connectivity index (χ4v) is 1.15. The first-order valence-corrected chi connectivity index (χ1v) is 4.60. The van der Waals surface area contributed by atoms with E-state index in [2.05, 4.69) is 41.5 Å². The zero-order valence-corrected chi connectivity index (χ0v) is 13.3. The van der Waals surface area contributed by atoms with Gasteiger partial charge in [0.05, 0.1) is 0 Å². The maximum atomic E-state index is 10.6. The van der Waals surface area contributed by atoms with Crippen molar-refractivity contribution < 1.29 is 37.5 Å². The van der Waals surface area contributed by atoms with E-state index in [9.17, 15) is 4.79 Å². The molecule has 0 atom stereocenters. The van der Waals surface area contributed by atoms with Crippen molar-refractivity contribution in [3.8, 4) is 0 Å². The monoisotopic (exact) mass is 272 g/mol. The van der Waals surface area contributed by atoms with E-state index in [1.54, 1.807) is 11.9 Å². The minimum atomic E-state index is -0.201. The molecule has 0 N–H and O–H groups in total. The molecule has 14 heavy (non-hydrogen) atoms. The van der Waals surface area contributed by atoms with Gasteiger partial charge >= 0.3 is 0 Å². The fraction of sp³-hybridized carbons (Fsp3) is 0.818. The van der Waals surface area contributed by atoms with Crippen molar-refractivity contribution in [3.05, 3.63) is 5.92 Å². The van der Waals surface area contributed by atoms with Crippen molar-refractivity contribution in [2.75, 3.05) is 7.05 Å². The Kier molecular flexibility index (Phi) is 6.80. The van der Waals surface area contributed by atoms with Crippen LogP contribution in [0, 0.1) is 11.3 Å². The summed E-state index contributed by atoms with van der Waals surface area (Å²) in [5, 5.41) is 0. The number of nitrogens with zero attached hydrogens (tertiary/aromatic N) is 1. The first-order chi connectivity index (χ1) is 5.67. The van der Waals surface area contributed by atoms with Gasteiger partial charge in [0.15, 0.2) is 0 Å². The van der Waals surface area contributed by atoms with Gasteiger partial charge in [0.2, 0.25) is 0 Å². The second kappa shape index (κ2) is 5.60. The second-order valence-electron chi connectivity index (χ2n) is 4.83. The van der Waals surface area contributed by atoms with Crippen LogP contribution in [0.2, 0.25) is 0 Å². The van der Waals surface area contributed by atoms with Crippen LogP contribution >= 0.6 is 0 Å². The molecule has 0 rings (SSSR count). The van der Waals surface area contributed by atoms with Crippen LogP contribution in [-0.4, -0.2) is 23.9 Å². The zero-order valence-electron chi connectivity index (χ0n) is 10.4. The molecule has 0 fully saturated rings. The van der Waals surface area contributed by atoms with Gasteiger partial charge in [-0.05, 0) is 26.4 Å². The van der Waals surface area contributed by atoms with Crippen LogP contribution in [0.15, 0.2) is 0 Å². The molecule has 1 amide bonds. The molecule has 0 aromatic heterocycles. The Labute approximate surface area is 114 Å². The van der Waals surface area contributed by atoms with E-state index in [1.165, 1.54) is 5.92 Å². The van der Waals surface area contributed by atoms with Crippen LogP contribution in [0.5, 0.6) is 0 Å². The predicted octanol–water partition coefficient (Wildman–Crippen LogP) is 2.40. The number of amides is 1. The molecule has 0 unspecified atom stereocenters. The summed E-state index contributed by atoms with van der Waals surface area (Å²) in [5.41, 5.74) is -0.202. The molecular formula is C11H21NOY-2. The Bertz CT molecular complexity index is 188. The van der Waals surface area contributed by atoms with Crippen molar-refractivity contribution in [1.29, 1.82) is 0 Å². The van der Waals surface area contributed by atoms with Gasteiger partial charge in [0.1, 0.15) is 0 Å². The third-order valence-corrected chi connectivity index (χ3v) is 3.75. The van der Waals surface area contributed by atoms with Crippen molar-refractivity contribution in [2.45, 2.75) is 47.1 Å². The van der Waals surface area contributed by atoms with Gasteiger partial charge < -0.3 is 15.6 Å². The van der Waals surface area contributed by atoms with Gasteiger partial charge in [-0.3, -0.25) is 0 Å². The fourth-order valence-electron chi connectivity index (χ4n) is 1.15. The van der Waals surface area contributed by atoms with Crippen LogP contribution in [0.3, 0.4) is 0 Å². The molecule has 2 nitrogen and oxygen atoms in total. The summed E-state index contributed by atoms with van der Waals surface area (Å²) in [7, 11) is 1.78. The Morgan fingerprint density at radius 2 is 1.50 bits per heavy atom. The number of carbonyl (C=O) groups excluding carboxylic acids is 1. The third kappa shape index (κ3) is 3.03. The summed E-state index contributed by atoms with van der Waals surface area (Å²) in [6.07, 6.45) is 1.94. The minimum Gasteiger partial charge on any atom is -0.520 e. The summed E-state index contributed by atoms with van der Waals surface area (Å²) in [6, 6.07) is 0. The number of hydrogen-bond acceptors (Lipinski definition) is 1.